The van der Waals surface area contributed by atoms with Crippen LogP contribution in [0.25, 0.3) is 0 Å². The Bertz CT molecular complexity index is 838. The second-order valence-electron chi connectivity index (χ2n) is 6.70. The summed E-state index contributed by atoms with van der Waals surface area (Å²) in [6.07, 6.45) is -0.659. The first-order valence-corrected chi connectivity index (χ1v) is 8.54. The van der Waals surface area contributed by atoms with E-state index >= 15 is 0 Å². The van der Waals surface area contributed by atoms with Crippen molar-refractivity contribution in [2.75, 3.05) is 18.0 Å². The van der Waals surface area contributed by atoms with E-state index in [2.05, 4.69) is 15.2 Å². The van der Waals surface area contributed by atoms with Crippen molar-refractivity contribution in [3.63, 3.8) is 0 Å². The Morgan fingerprint density at radius 1 is 1.30 bits per heavy atom. The average molecular weight is 381 g/mol. The van der Waals surface area contributed by atoms with Crippen LogP contribution in [0.4, 0.5) is 23.2 Å². The number of nitrogens with one attached hydrogen (secondary N) is 1. The predicted molar refractivity (Wildman–Crippen MR) is 92.8 cm³/mol. The highest BCUT2D eigenvalue weighted by atomic mass is 19.4. The molecule has 144 valence electrons. The van der Waals surface area contributed by atoms with Crippen LogP contribution in [0.2, 0.25) is 0 Å². The fourth-order valence-corrected chi connectivity index (χ4v) is 3.14. The zero-order chi connectivity index (χ0) is 19.6. The third-order valence-electron chi connectivity index (χ3n) is 4.51. The first-order valence-electron chi connectivity index (χ1n) is 8.54. The van der Waals surface area contributed by atoms with Crippen LogP contribution in [0, 0.1) is 12.7 Å². The number of nitrogens with zero attached hydrogens (tertiary/aromatic N) is 2. The highest BCUT2D eigenvalue weighted by Crippen LogP contribution is 2.30. The molecule has 0 spiro atoms. The minimum atomic E-state index is -4.61. The normalized spacial score (nSPS) is 17.2. The molecule has 0 aliphatic carbocycles. The largest absolute Gasteiger partial charge is 0.416 e. The second-order valence-corrected chi connectivity index (χ2v) is 6.70. The number of rotatable bonds is 4. The first-order chi connectivity index (χ1) is 12.7. The van der Waals surface area contributed by atoms with Gasteiger partial charge in [0.2, 0.25) is 5.91 Å². The fraction of sp³-hybridized carbons (Fsp3) is 0.368. The van der Waals surface area contributed by atoms with Crippen molar-refractivity contribution in [1.82, 2.24) is 10.3 Å². The van der Waals surface area contributed by atoms with E-state index in [-0.39, 0.29) is 18.0 Å². The molecule has 0 bridgehead atoms. The molecule has 1 amide bonds. The third-order valence-corrected chi connectivity index (χ3v) is 4.51. The van der Waals surface area contributed by atoms with Gasteiger partial charge in [0.25, 0.3) is 0 Å². The lowest BCUT2D eigenvalue weighted by molar-refractivity contribution is -0.137. The van der Waals surface area contributed by atoms with Crippen LogP contribution in [0.3, 0.4) is 0 Å². The molecule has 1 atom stereocenters. The Morgan fingerprint density at radius 2 is 2.07 bits per heavy atom. The van der Waals surface area contributed by atoms with Crippen molar-refractivity contribution in [2.24, 2.45) is 0 Å². The van der Waals surface area contributed by atoms with Gasteiger partial charge in [-0.15, -0.1) is 0 Å². The number of carbonyl (C=O) groups excluding carboxylic acids is 1. The van der Waals surface area contributed by atoms with Gasteiger partial charge in [0.05, 0.1) is 23.9 Å². The molecular weight excluding hydrogens is 362 g/mol. The van der Waals surface area contributed by atoms with Gasteiger partial charge >= 0.3 is 6.18 Å². The third kappa shape index (κ3) is 4.75. The van der Waals surface area contributed by atoms with Gasteiger partial charge in [-0.05, 0) is 42.7 Å². The number of anilines is 1. The highest BCUT2D eigenvalue weighted by molar-refractivity contribution is 5.79. The second kappa shape index (κ2) is 7.54. The minimum Gasteiger partial charge on any atom is -0.368 e. The smallest absolute Gasteiger partial charge is 0.368 e. The lowest BCUT2D eigenvalue weighted by atomic mass is 10.1. The molecule has 1 saturated heterocycles. The molecule has 1 N–H and O–H groups in total. The van der Waals surface area contributed by atoms with E-state index in [1.165, 1.54) is 0 Å². The Kier molecular flexibility index (Phi) is 5.34. The maximum absolute atomic E-state index is 13.9. The van der Waals surface area contributed by atoms with Gasteiger partial charge in [0, 0.05) is 25.3 Å². The average Bonchev–Trinajstić information content (AvgIpc) is 3.04. The molecular formula is C19H19F4N3O. The van der Waals surface area contributed by atoms with Crippen LogP contribution >= 0.6 is 0 Å². The van der Waals surface area contributed by atoms with Gasteiger partial charge in [-0.1, -0.05) is 6.07 Å². The van der Waals surface area contributed by atoms with Crippen LogP contribution in [-0.2, 0) is 17.4 Å². The molecule has 1 aromatic carbocycles. The van der Waals surface area contributed by atoms with Crippen LogP contribution in [0.15, 0.2) is 36.7 Å². The van der Waals surface area contributed by atoms with E-state index in [0.29, 0.717) is 12.6 Å². The van der Waals surface area contributed by atoms with E-state index in [0.717, 1.165) is 36.3 Å². The Labute approximate surface area is 154 Å². The minimum absolute atomic E-state index is 0.0572. The number of hydrogen-bond donors (Lipinski definition) is 1. The van der Waals surface area contributed by atoms with Crippen molar-refractivity contribution in [2.45, 2.75) is 32.0 Å². The topological polar surface area (TPSA) is 45.2 Å². The SMILES string of the molecule is Cc1cncc(N2CC[C@@H](NC(=O)Cc3ccc(C(F)(F)F)cc3F)C2)c1. The maximum atomic E-state index is 13.9. The van der Waals surface area contributed by atoms with Gasteiger partial charge < -0.3 is 10.2 Å². The van der Waals surface area contributed by atoms with Crippen molar-refractivity contribution in [3.8, 4) is 0 Å². The lowest BCUT2D eigenvalue weighted by Gasteiger charge is -2.19. The zero-order valence-corrected chi connectivity index (χ0v) is 14.7. The molecule has 8 heteroatoms. The number of benzene rings is 1. The number of alkyl halides is 3. The molecule has 2 heterocycles. The number of aryl methyl sites for hydroxylation is 1. The quantitative estimate of drug-likeness (QED) is 0.825. The number of carbonyl (C=O) groups is 1. The van der Waals surface area contributed by atoms with Crippen molar-refractivity contribution >= 4 is 11.6 Å². The van der Waals surface area contributed by atoms with E-state index in [1.54, 1.807) is 12.4 Å². The van der Waals surface area contributed by atoms with Crippen LogP contribution in [-0.4, -0.2) is 30.0 Å². The Balaban J connectivity index is 1.57. The highest BCUT2D eigenvalue weighted by Gasteiger charge is 2.31. The van der Waals surface area contributed by atoms with Crippen molar-refractivity contribution in [1.29, 1.82) is 0 Å². The summed E-state index contributed by atoms with van der Waals surface area (Å²) in [5.41, 5.74) is 0.888. The van der Waals surface area contributed by atoms with E-state index in [9.17, 15) is 22.4 Å². The summed E-state index contributed by atoms with van der Waals surface area (Å²) >= 11 is 0. The Hall–Kier alpha value is -2.64. The van der Waals surface area contributed by atoms with Gasteiger partial charge in [0.15, 0.2) is 0 Å². The summed E-state index contributed by atoms with van der Waals surface area (Å²) in [6.45, 7) is 3.31. The number of pyridine rings is 1. The van der Waals surface area contributed by atoms with E-state index in [1.807, 2.05) is 13.0 Å². The number of halogens is 4. The molecule has 1 fully saturated rings. The Morgan fingerprint density at radius 3 is 2.74 bits per heavy atom. The monoisotopic (exact) mass is 381 g/mol. The molecule has 0 radical (unpaired) electrons. The van der Waals surface area contributed by atoms with Crippen molar-refractivity contribution < 1.29 is 22.4 Å². The zero-order valence-electron chi connectivity index (χ0n) is 14.7. The summed E-state index contributed by atoms with van der Waals surface area (Å²) in [7, 11) is 0. The first kappa shape index (κ1) is 19.1. The van der Waals surface area contributed by atoms with Gasteiger partial charge in [0.1, 0.15) is 5.82 Å². The number of amides is 1. The summed E-state index contributed by atoms with van der Waals surface area (Å²) in [5.74, 6) is -1.44. The van der Waals surface area contributed by atoms with Crippen LogP contribution in [0.1, 0.15) is 23.1 Å². The van der Waals surface area contributed by atoms with E-state index < -0.39 is 23.5 Å². The molecule has 1 aliphatic rings. The molecule has 1 aromatic heterocycles. The maximum Gasteiger partial charge on any atom is 0.416 e. The molecule has 1 aliphatic heterocycles. The summed E-state index contributed by atoms with van der Waals surface area (Å²) < 4.78 is 51.6. The van der Waals surface area contributed by atoms with Crippen LogP contribution in [0.5, 0.6) is 0 Å². The van der Waals surface area contributed by atoms with Crippen LogP contribution < -0.4 is 10.2 Å². The molecule has 0 saturated carbocycles. The standard InChI is InChI=1S/C19H19F4N3O/c1-12-6-16(10-24-9-12)26-5-4-15(11-26)25-18(27)7-13-2-3-14(8-17(13)20)19(21,22)23/h2-3,6,8-10,15H,4-5,7,11H2,1H3,(H,25,27)/t15-/m1/s1. The van der Waals surface area contributed by atoms with Crippen molar-refractivity contribution in [3.05, 3.63) is 59.2 Å². The van der Waals surface area contributed by atoms with Gasteiger partial charge in [-0.2, -0.15) is 13.2 Å². The summed E-state index contributed by atoms with van der Waals surface area (Å²) in [4.78, 5) is 18.4. The molecule has 0 unspecified atom stereocenters. The molecule has 2 aromatic rings. The predicted octanol–water partition coefficient (Wildman–Crippen LogP) is 3.49. The molecule has 4 nitrogen and oxygen atoms in total. The molecule has 3 rings (SSSR count). The molecule has 27 heavy (non-hydrogen) atoms. The fourth-order valence-electron chi connectivity index (χ4n) is 3.14. The number of hydrogen-bond acceptors (Lipinski definition) is 3. The summed E-state index contributed by atoms with van der Waals surface area (Å²) in [6, 6.07) is 4.13. The van der Waals surface area contributed by atoms with Gasteiger partial charge in [-0.3, -0.25) is 9.78 Å². The van der Waals surface area contributed by atoms with E-state index in [4.69, 9.17) is 0 Å². The lowest BCUT2D eigenvalue weighted by Crippen LogP contribution is -2.38. The number of aromatic nitrogens is 1. The van der Waals surface area contributed by atoms with Gasteiger partial charge in [-0.25, -0.2) is 4.39 Å². The summed E-state index contributed by atoms with van der Waals surface area (Å²) in [5, 5.41) is 2.82.